The molecule has 2 nitrogen and oxygen atoms in total. The molecule has 19 heavy (non-hydrogen) atoms. The number of benzene rings is 1. The minimum absolute atomic E-state index is 0.997. The molecule has 0 amide bonds. The SMILES string of the molecule is CNCCc1ncc(-c2ccc3c(c2)CCCC3)s1. The first kappa shape index (κ1) is 12.8. The molecule has 2 aromatic rings. The second kappa shape index (κ2) is 5.85. The zero-order chi connectivity index (χ0) is 13.1. The van der Waals surface area contributed by atoms with E-state index in [-0.39, 0.29) is 0 Å². The Labute approximate surface area is 118 Å². The summed E-state index contributed by atoms with van der Waals surface area (Å²) in [5.74, 6) is 0. The van der Waals surface area contributed by atoms with Crippen molar-refractivity contribution in [1.82, 2.24) is 10.3 Å². The lowest BCUT2D eigenvalue weighted by Crippen LogP contribution is -2.09. The first-order chi connectivity index (χ1) is 9.36. The van der Waals surface area contributed by atoms with Gasteiger partial charge in [0.15, 0.2) is 0 Å². The summed E-state index contributed by atoms with van der Waals surface area (Å²) in [4.78, 5) is 5.83. The normalized spacial score (nSPS) is 14.4. The average molecular weight is 272 g/mol. The lowest BCUT2D eigenvalue weighted by atomic mass is 9.90. The fourth-order valence-electron chi connectivity index (χ4n) is 2.68. The van der Waals surface area contributed by atoms with E-state index in [4.69, 9.17) is 0 Å². The molecule has 0 bridgehead atoms. The van der Waals surface area contributed by atoms with Crippen LogP contribution in [0.4, 0.5) is 0 Å². The van der Waals surface area contributed by atoms with Crippen LogP contribution in [0.2, 0.25) is 0 Å². The molecule has 0 atom stereocenters. The van der Waals surface area contributed by atoms with Crippen molar-refractivity contribution < 1.29 is 0 Å². The molecule has 1 aromatic carbocycles. The van der Waals surface area contributed by atoms with Gasteiger partial charge in [-0.15, -0.1) is 11.3 Å². The maximum Gasteiger partial charge on any atom is 0.0943 e. The quantitative estimate of drug-likeness (QED) is 0.922. The Kier molecular flexibility index (Phi) is 3.95. The summed E-state index contributed by atoms with van der Waals surface area (Å²) in [6.45, 7) is 0.997. The van der Waals surface area contributed by atoms with E-state index >= 15 is 0 Å². The molecule has 0 saturated heterocycles. The van der Waals surface area contributed by atoms with Crippen LogP contribution in [0.15, 0.2) is 24.4 Å². The summed E-state index contributed by atoms with van der Waals surface area (Å²) >= 11 is 1.83. The summed E-state index contributed by atoms with van der Waals surface area (Å²) in [6, 6.07) is 6.96. The van der Waals surface area contributed by atoms with Crippen molar-refractivity contribution in [1.29, 1.82) is 0 Å². The van der Waals surface area contributed by atoms with Crippen molar-refractivity contribution >= 4 is 11.3 Å². The Hall–Kier alpha value is -1.19. The molecule has 0 radical (unpaired) electrons. The van der Waals surface area contributed by atoms with Crippen molar-refractivity contribution in [3.63, 3.8) is 0 Å². The van der Waals surface area contributed by atoms with Gasteiger partial charge in [0.05, 0.1) is 9.88 Å². The van der Waals surface area contributed by atoms with Gasteiger partial charge in [0.25, 0.3) is 0 Å². The number of nitrogens with zero attached hydrogens (tertiary/aromatic N) is 1. The van der Waals surface area contributed by atoms with E-state index in [1.54, 1.807) is 11.1 Å². The number of aromatic nitrogens is 1. The molecule has 0 unspecified atom stereocenters. The van der Waals surface area contributed by atoms with Crippen LogP contribution in [0.25, 0.3) is 10.4 Å². The molecule has 0 aliphatic heterocycles. The topological polar surface area (TPSA) is 24.9 Å². The second-order valence-corrected chi connectivity index (χ2v) is 6.28. The minimum atomic E-state index is 0.997. The van der Waals surface area contributed by atoms with E-state index in [0.717, 1.165) is 13.0 Å². The summed E-state index contributed by atoms with van der Waals surface area (Å²) < 4.78 is 0. The smallest absolute Gasteiger partial charge is 0.0943 e. The highest BCUT2D eigenvalue weighted by Crippen LogP contribution is 2.30. The van der Waals surface area contributed by atoms with E-state index in [1.165, 1.54) is 41.1 Å². The highest BCUT2D eigenvalue weighted by atomic mass is 32.1. The number of thiazole rings is 1. The Bertz CT molecular complexity index is 560. The molecule has 1 heterocycles. The van der Waals surface area contributed by atoms with Crippen molar-refractivity contribution in [3.05, 3.63) is 40.5 Å². The number of aryl methyl sites for hydroxylation is 2. The molecule has 0 saturated carbocycles. The third kappa shape index (κ3) is 2.88. The molecule has 100 valence electrons. The van der Waals surface area contributed by atoms with Crippen LogP contribution >= 0.6 is 11.3 Å². The first-order valence-corrected chi connectivity index (χ1v) is 7.90. The van der Waals surface area contributed by atoms with Gasteiger partial charge in [-0.05, 0) is 49.4 Å². The molecule has 1 aliphatic carbocycles. The number of fused-ring (bicyclic) bond motifs is 1. The molecule has 1 aliphatic rings. The highest BCUT2D eigenvalue weighted by Gasteiger charge is 2.11. The molecular formula is C16H20N2S. The van der Waals surface area contributed by atoms with Crippen LogP contribution in [0.5, 0.6) is 0 Å². The number of nitrogens with one attached hydrogen (secondary N) is 1. The van der Waals surface area contributed by atoms with Gasteiger partial charge in [-0.1, -0.05) is 18.2 Å². The van der Waals surface area contributed by atoms with Crippen LogP contribution in [0.1, 0.15) is 29.0 Å². The van der Waals surface area contributed by atoms with Crippen LogP contribution in [0, 0.1) is 0 Å². The number of hydrogen-bond donors (Lipinski definition) is 1. The van der Waals surface area contributed by atoms with E-state index in [2.05, 4.69) is 28.5 Å². The zero-order valence-corrected chi connectivity index (χ0v) is 12.2. The van der Waals surface area contributed by atoms with Crippen LogP contribution in [-0.2, 0) is 19.3 Å². The predicted octanol–water partition coefficient (Wildman–Crippen LogP) is 3.45. The fraction of sp³-hybridized carbons (Fsp3) is 0.438. The number of rotatable bonds is 4. The van der Waals surface area contributed by atoms with E-state index in [1.807, 2.05) is 24.6 Å². The number of likely N-dealkylation sites (N-methyl/N-ethyl adjacent to an activating group) is 1. The lowest BCUT2D eigenvalue weighted by Gasteiger charge is -2.16. The molecule has 0 spiro atoms. The largest absolute Gasteiger partial charge is 0.319 e. The summed E-state index contributed by atoms with van der Waals surface area (Å²) in [5.41, 5.74) is 4.44. The Balaban J connectivity index is 1.83. The molecule has 1 aromatic heterocycles. The maximum absolute atomic E-state index is 4.52. The lowest BCUT2D eigenvalue weighted by molar-refractivity contribution is 0.686. The molecule has 3 heteroatoms. The molecular weight excluding hydrogens is 252 g/mol. The van der Waals surface area contributed by atoms with E-state index in [0.29, 0.717) is 0 Å². The van der Waals surface area contributed by atoms with Gasteiger partial charge in [0, 0.05) is 19.2 Å². The van der Waals surface area contributed by atoms with Gasteiger partial charge in [-0.25, -0.2) is 4.98 Å². The monoisotopic (exact) mass is 272 g/mol. The van der Waals surface area contributed by atoms with Crippen molar-refractivity contribution in [2.75, 3.05) is 13.6 Å². The maximum atomic E-state index is 4.52. The summed E-state index contributed by atoms with van der Waals surface area (Å²) in [7, 11) is 1.98. The van der Waals surface area contributed by atoms with Crippen LogP contribution in [0.3, 0.4) is 0 Å². The molecule has 3 rings (SSSR count). The van der Waals surface area contributed by atoms with Crippen LogP contribution in [-0.4, -0.2) is 18.6 Å². The minimum Gasteiger partial charge on any atom is -0.319 e. The van der Waals surface area contributed by atoms with Gasteiger partial charge in [0.1, 0.15) is 0 Å². The van der Waals surface area contributed by atoms with Crippen molar-refractivity contribution in [2.24, 2.45) is 0 Å². The molecule has 1 N–H and O–H groups in total. The molecule has 0 fully saturated rings. The third-order valence-electron chi connectivity index (χ3n) is 3.78. The van der Waals surface area contributed by atoms with Gasteiger partial charge in [-0.3, -0.25) is 0 Å². The van der Waals surface area contributed by atoms with E-state index < -0.39 is 0 Å². The summed E-state index contributed by atoms with van der Waals surface area (Å²) in [6.07, 6.45) is 8.24. The average Bonchev–Trinajstić information content (AvgIpc) is 2.93. The van der Waals surface area contributed by atoms with Gasteiger partial charge in [-0.2, -0.15) is 0 Å². The Morgan fingerprint density at radius 2 is 2.05 bits per heavy atom. The van der Waals surface area contributed by atoms with Gasteiger partial charge < -0.3 is 5.32 Å². The predicted molar refractivity (Wildman–Crippen MR) is 81.8 cm³/mol. The first-order valence-electron chi connectivity index (χ1n) is 7.08. The van der Waals surface area contributed by atoms with Crippen LogP contribution < -0.4 is 5.32 Å². The second-order valence-electron chi connectivity index (χ2n) is 5.16. The summed E-state index contributed by atoms with van der Waals surface area (Å²) in [5, 5.41) is 4.40. The highest BCUT2D eigenvalue weighted by molar-refractivity contribution is 7.15. The fourth-order valence-corrected chi connectivity index (χ4v) is 3.59. The standard InChI is InChI=1S/C16H20N2S/c1-17-9-8-16-18-11-15(19-16)14-7-6-12-4-2-3-5-13(12)10-14/h6-7,10-11,17H,2-5,8-9H2,1H3. The van der Waals surface area contributed by atoms with Crippen molar-refractivity contribution in [3.8, 4) is 10.4 Å². The number of hydrogen-bond acceptors (Lipinski definition) is 3. The van der Waals surface area contributed by atoms with Gasteiger partial charge >= 0.3 is 0 Å². The van der Waals surface area contributed by atoms with Crippen molar-refractivity contribution in [2.45, 2.75) is 32.1 Å². The van der Waals surface area contributed by atoms with E-state index in [9.17, 15) is 0 Å². The van der Waals surface area contributed by atoms with Gasteiger partial charge in [0.2, 0.25) is 0 Å². The Morgan fingerprint density at radius 1 is 1.21 bits per heavy atom. The zero-order valence-electron chi connectivity index (χ0n) is 11.4. The third-order valence-corrected chi connectivity index (χ3v) is 4.88. The Morgan fingerprint density at radius 3 is 2.89 bits per heavy atom.